The molecule has 3 rings (SSSR count). The van der Waals surface area contributed by atoms with E-state index in [0.717, 1.165) is 24.3 Å². The van der Waals surface area contributed by atoms with Crippen molar-refractivity contribution in [1.82, 2.24) is 14.6 Å². The monoisotopic (exact) mass is 245 g/mol. The lowest BCUT2D eigenvalue weighted by molar-refractivity contribution is 0.0696. The summed E-state index contributed by atoms with van der Waals surface area (Å²) in [7, 11) is 0. The summed E-state index contributed by atoms with van der Waals surface area (Å²) in [6.07, 6.45) is 7.60. The average Bonchev–Trinajstić information content (AvgIpc) is 2.82. The van der Waals surface area contributed by atoms with Crippen LogP contribution in [0, 0.1) is 0 Å². The summed E-state index contributed by atoms with van der Waals surface area (Å²) in [5, 5.41) is 17.4. The summed E-state index contributed by atoms with van der Waals surface area (Å²) in [6, 6.07) is 3.28. The Hall–Kier alpha value is -1.91. The average molecular weight is 245 g/mol. The van der Waals surface area contributed by atoms with Crippen molar-refractivity contribution in [3.63, 3.8) is 0 Å². The van der Waals surface area contributed by atoms with Crippen LogP contribution in [0.15, 0.2) is 18.3 Å². The Balaban J connectivity index is 2.05. The summed E-state index contributed by atoms with van der Waals surface area (Å²) in [6.45, 7) is 0. The van der Waals surface area contributed by atoms with Gasteiger partial charge in [-0.25, -0.2) is 4.79 Å². The van der Waals surface area contributed by atoms with Gasteiger partial charge in [0.25, 0.3) is 0 Å². The number of hydrogen-bond donors (Lipinski definition) is 1. The zero-order chi connectivity index (χ0) is 12.5. The molecule has 2 aromatic heterocycles. The highest BCUT2D eigenvalue weighted by atomic mass is 16.4. The smallest absolute Gasteiger partial charge is 0.337 e. The molecule has 5 heteroatoms. The molecule has 0 amide bonds. The minimum atomic E-state index is -0.916. The van der Waals surface area contributed by atoms with Crippen molar-refractivity contribution in [2.75, 3.05) is 0 Å². The second-order valence-electron chi connectivity index (χ2n) is 4.84. The first-order valence-corrected chi connectivity index (χ1v) is 6.33. The van der Waals surface area contributed by atoms with E-state index in [2.05, 4.69) is 10.2 Å². The highest BCUT2D eigenvalue weighted by Gasteiger charge is 2.21. The van der Waals surface area contributed by atoms with E-state index < -0.39 is 5.97 Å². The van der Waals surface area contributed by atoms with Crippen LogP contribution in [-0.4, -0.2) is 25.7 Å². The summed E-state index contributed by atoms with van der Waals surface area (Å²) in [5.41, 5.74) is 1.000. The Labute approximate surface area is 104 Å². The Morgan fingerprint density at radius 1 is 1.22 bits per heavy atom. The number of hydrogen-bond acceptors (Lipinski definition) is 3. The van der Waals surface area contributed by atoms with E-state index in [9.17, 15) is 4.79 Å². The zero-order valence-electron chi connectivity index (χ0n) is 10.0. The summed E-state index contributed by atoms with van der Waals surface area (Å²) in [5.74, 6) is 0.408. The van der Waals surface area contributed by atoms with Gasteiger partial charge in [-0.1, -0.05) is 19.3 Å². The highest BCUT2D eigenvalue weighted by Crippen LogP contribution is 2.31. The fraction of sp³-hybridized carbons (Fsp3) is 0.462. The SMILES string of the molecule is O=C(O)c1ccc2nnc(C3CCCCC3)n2c1. The van der Waals surface area contributed by atoms with Gasteiger partial charge in [0.05, 0.1) is 5.56 Å². The number of aromatic nitrogens is 3. The van der Waals surface area contributed by atoms with Crippen molar-refractivity contribution in [3.8, 4) is 0 Å². The largest absolute Gasteiger partial charge is 0.478 e. The van der Waals surface area contributed by atoms with Crippen molar-refractivity contribution in [2.24, 2.45) is 0 Å². The van der Waals surface area contributed by atoms with Crippen LogP contribution in [0.3, 0.4) is 0 Å². The topological polar surface area (TPSA) is 67.5 Å². The molecule has 0 radical (unpaired) electrons. The lowest BCUT2D eigenvalue weighted by Crippen LogP contribution is -2.09. The molecule has 94 valence electrons. The Morgan fingerprint density at radius 2 is 2.00 bits per heavy atom. The molecule has 1 N–H and O–H groups in total. The van der Waals surface area contributed by atoms with Gasteiger partial charge >= 0.3 is 5.97 Å². The lowest BCUT2D eigenvalue weighted by atomic mass is 9.89. The van der Waals surface area contributed by atoms with Crippen molar-refractivity contribution in [2.45, 2.75) is 38.0 Å². The third-order valence-electron chi connectivity index (χ3n) is 3.65. The molecule has 0 saturated heterocycles. The van der Waals surface area contributed by atoms with E-state index >= 15 is 0 Å². The van der Waals surface area contributed by atoms with Crippen LogP contribution in [0.2, 0.25) is 0 Å². The molecule has 0 bridgehead atoms. The molecule has 0 unspecified atom stereocenters. The van der Waals surface area contributed by atoms with E-state index in [1.807, 2.05) is 4.40 Å². The normalized spacial score (nSPS) is 17.1. The number of fused-ring (bicyclic) bond motifs is 1. The van der Waals surface area contributed by atoms with Crippen LogP contribution < -0.4 is 0 Å². The first-order valence-electron chi connectivity index (χ1n) is 6.33. The van der Waals surface area contributed by atoms with Crippen LogP contribution in [0.25, 0.3) is 5.65 Å². The summed E-state index contributed by atoms with van der Waals surface area (Å²) < 4.78 is 1.83. The molecule has 0 aromatic carbocycles. The van der Waals surface area contributed by atoms with Gasteiger partial charge in [0.15, 0.2) is 5.65 Å². The van der Waals surface area contributed by atoms with Crippen LogP contribution in [0.1, 0.15) is 54.2 Å². The molecule has 18 heavy (non-hydrogen) atoms. The quantitative estimate of drug-likeness (QED) is 0.882. The van der Waals surface area contributed by atoms with Crippen LogP contribution >= 0.6 is 0 Å². The minimum absolute atomic E-state index is 0.277. The van der Waals surface area contributed by atoms with E-state index in [1.54, 1.807) is 18.3 Å². The molecule has 2 heterocycles. The molecule has 0 atom stereocenters. The molecule has 1 saturated carbocycles. The molecule has 1 fully saturated rings. The molecule has 0 spiro atoms. The van der Waals surface area contributed by atoms with Crippen LogP contribution in [0.4, 0.5) is 0 Å². The number of nitrogens with zero attached hydrogens (tertiary/aromatic N) is 3. The Morgan fingerprint density at radius 3 is 2.72 bits per heavy atom. The predicted molar refractivity (Wildman–Crippen MR) is 65.8 cm³/mol. The highest BCUT2D eigenvalue weighted by molar-refractivity contribution is 5.87. The third-order valence-corrected chi connectivity index (χ3v) is 3.65. The standard InChI is InChI=1S/C13H15N3O2/c17-13(18)10-6-7-11-14-15-12(16(11)8-10)9-4-2-1-3-5-9/h6-9H,1-5H2,(H,17,18). The second-order valence-corrected chi connectivity index (χ2v) is 4.84. The van der Waals surface area contributed by atoms with E-state index in [4.69, 9.17) is 5.11 Å². The van der Waals surface area contributed by atoms with Gasteiger partial charge < -0.3 is 5.11 Å². The van der Waals surface area contributed by atoms with Crippen molar-refractivity contribution < 1.29 is 9.90 Å². The molecular formula is C13H15N3O2. The summed E-state index contributed by atoms with van der Waals surface area (Å²) in [4.78, 5) is 11.0. The summed E-state index contributed by atoms with van der Waals surface area (Å²) >= 11 is 0. The number of rotatable bonds is 2. The lowest BCUT2D eigenvalue weighted by Gasteiger charge is -2.19. The number of aromatic carboxylic acids is 1. The maximum absolute atomic E-state index is 11.0. The maximum Gasteiger partial charge on any atom is 0.337 e. The van der Waals surface area contributed by atoms with Gasteiger partial charge in [0.2, 0.25) is 0 Å². The molecular weight excluding hydrogens is 230 g/mol. The Kier molecular flexibility index (Phi) is 2.74. The van der Waals surface area contributed by atoms with Gasteiger partial charge in [-0.2, -0.15) is 0 Å². The molecule has 2 aromatic rings. The maximum atomic E-state index is 11.0. The van der Waals surface area contributed by atoms with Crippen molar-refractivity contribution in [3.05, 3.63) is 29.7 Å². The zero-order valence-corrected chi connectivity index (χ0v) is 10.0. The van der Waals surface area contributed by atoms with E-state index in [0.29, 0.717) is 5.92 Å². The molecule has 1 aliphatic carbocycles. The van der Waals surface area contributed by atoms with Crippen LogP contribution in [0.5, 0.6) is 0 Å². The number of carboxylic acids is 1. The number of pyridine rings is 1. The first kappa shape index (κ1) is 11.2. The fourth-order valence-corrected chi connectivity index (χ4v) is 2.67. The van der Waals surface area contributed by atoms with Gasteiger partial charge in [-0.3, -0.25) is 4.40 Å². The van der Waals surface area contributed by atoms with E-state index in [1.165, 1.54) is 19.3 Å². The van der Waals surface area contributed by atoms with Gasteiger partial charge in [0, 0.05) is 12.1 Å². The minimum Gasteiger partial charge on any atom is -0.478 e. The van der Waals surface area contributed by atoms with Gasteiger partial charge in [-0.15, -0.1) is 10.2 Å². The Bertz CT molecular complexity index is 585. The van der Waals surface area contributed by atoms with Gasteiger partial charge in [-0.05, 0) is 25.0 Å². The fourth-order valence-electron chi connectivity index (χ4n) is 2.67. The number of carbonyl (C=O) groups is 1. The number of carboxylic acid groups (broad SMARTS) is 1. The van der Waals surface area contributed by atoms with Crippen molar-refractivity contribution >= 4 is 11.6 Å². The predicted octanol–water partition coefficient (Wildman–Crippen LogP) is 2.48. The van der Waals surface area contributed by atoms with Gasteiger partial charge in [0.1, 0.15) is 5.82 Å². The molecule has 1 aliphatic rings. The second kappa shape index (κ2) is 4.40. The van der Waals surface area contributed by atoms with Crippen molar-refractivity contribution in [1.29, 1.82) is 0 Å². The third kappa shape index (κ3) is 1.85. The van der Waals surface area contributed by atoms with Crippen LogP contribution in [-0.2, 0) is 0 Å². The first-order chi connectivity index (χ1) is 8.75. The van der Waals surface area contributed by atoms with E-state index in [-0.39, 0.29) is 5.56 Å². The molecule has 0 aliphatic heterocycles. The molecule has 5 nitrogen and oxygen atoms in total.